The van der Waals surface area contributed by atoms with Crippen LogP contribution < -0.4 is 21.1 Å². The lowest BCUT2D eigenvalue weighted by Gasteiger charge is -2.09. The monoisotopic (exact) mass is 286 g/mol. The number of amides is 1. The molecule has 4 N–H and O–H groups in total. The van der Waals surface area contributed by atoms with E-state index in [1.165, 1.54) is 11.5 Å². The van der Waals surface area contributed by atoms with Gasteiger partial charge in [0.2, 0.25) is 5.91 Å². The lowest BCUT2D eigenvalue weighted by Crippen LogP contribution is -2.28. The van der Waals surface area contributed by atoms with E-state index in [-0.39, 0.29) is 5.91 Å². The number of carbonyl (C=O) groups excluding carboxylic acids is 1. The number of nitrogen functional groups attached to an aromatic ring is 1. The lowest BCUT2D eigenvalue weighted by molar-refractivity contribution is -0.120. The van der Waals surface area contributed by atoms with Gasteiger partial charge in [0.1, 0.15) is 0 Å². The molecule has 1 amide bonds. The van der Waals surface area contributed by atoms with E-state index in [9.17, 15) is 4.79 Å². The highest BCUT2D eigenvalue weighted by Crippen LogP contribution is 2.34. The third-order valence-corrected chi connectivity index (χ3v) is 3.11. The van der Waals surface area contributed by atoms with Gasteiger partial charge in [-0.3, -0.25) is 4.79 Å². The Morgan fingerprint density at radius 1 is 1.53 bits per heavy atom. The molecule has 19 heavy (non-hydrogen) atoms. The lowest BCUT2D eigenvalue weighted by atomic mass is 10.2. The van der Waals surface area contributed by atoms with Crippen LogP contribution >= 0.6 is 11.5 Å². The fourth-order valence-corrected chi connectivity index (χ4v) is 2.07. The van der Waals surface area contributed by atoms with Crippen molar-refractivity contribution < 1.29 is 9.53 Å². The van der Waals surface area contributed by atoms with Crippen molar-refractivity contribution in [2.75, 3.05) is 30.7 Å². The molecule has 1 rings (SSSR count). The summed E-state index contributed by atoms with van der Waals surface area (Å²) in [6.45, 7) is 7.79. The number of hydrogen-bond acceptors (Lipinski definition) is 6. The van der Waals surface area contributed by atoms with Gasteiger partial charge in [-0.15, -0.1) is 0 Å². The Balaban J connectivity index is 2.34. The fraction of sp³-hybridized carbons (Fsp3) is 0.667. The van der Waals surface area contributed by atoms with Gasteiger partial charge >= 0.3 is 0 Å². The van der Waals surface area contributed by atoms with E-state index in [1.807, 2.05) is 6.92 Å². The zero-order chi connectivity index (χ0) is 14.3. The number of nitrogens with one attached hydrogen (secondary N) is 2. The van der Waals surface area contributed by atoms with Crippen LogP contribution in [0.4, 0.5) is 10.8 Å². The molecule has 7 heteroatoms. The van der Waals surface area contributed by atoms with E-state index >= 15 is 0 Å². The van der Waals surface area contributed by atoms with Crippen molar-refractivity contribution in [3.05, 3.63) is 0 Å². The summed E-state index contributed by atoms with van der Waals surface area (Å²) in [6, 6.07) is 0. The first kappa shape index (κ1) is 15.6. The van der Waals surface area contributed by atoms with Gasteiger partial charge < -0.3 is 21.1 Å². The van der Waals surface area contributed by atoms with Crippen molar-refractivity contribution in [1.29, 1.82) is 0 Å². The topological polar surface area (TPSA) is 89.3 Å². The van der Waals surface area contributed by atoms with Crippen LogP contribution in [0.15, 0.2) is 0 Å². The second-order valence-electron chi connectivity index (χ2n) is 4.53. The van der Waals surface area contributed by atoms with Crippen LogP contribution in [-0.4, -0.2) is 30.0 Å². The van der Waals surface area contributed by atoms with Crippen molar-refractivity contribution in [3.63, 3.8) is 0 Å². The third-order valence-electron chi connectivity index (χ3n) is 2.31. The zero-order valence-electron chi connectivity index (χ0n) is 11.7. The molecule has 0 saturated carbocycles. The predicted molar refractivity (Wildman–Crippen MR) is 78.6 cm³/mol. The number of ether oxygens (including phenoxy) is 1. The van der Waals surface area contributed by atoms with Gasteiger partial charge in [-0.05, 0) is 24.4 Å². The van der Waals surface area contributed by atoms with E-state index in [0.717, 1.165) is 5.00 Å². The van der Waals surface area contributed by atoms with Gasteiger partial charge in [0, 0.05) is 19.5 Å². The van der Waals surface area contributed by atoms with Crippen molar-refractivity contribution in [2.24, 2.45) is 5.92 Å². The first-order valence-electron chi connectivity index (χ1n) is 6.43. The van der Waals surface area contributed by atoms with Crippen LogP contribution in [-0.2, 0) is 4.79 Å². The quantitative estimate of drug-likeness (QED) is 0.677. The summed E-state index contributed by atoms with van der Waals surface area (Å²) >= 11 is 1.24. The molecule has 1 aromatic heterocycles. The molecular weight excluding hydrogens is 264 g/mol. The first-order valence-corrected chi connectivity index (χ1v) is 7.20. The Morgan fingerprint density at radius 3 is 2.89 bits per heavy atom. The molecule has 0 fully saturated rings. The number of nitrogens with zero attached hydrogens (tertiary/aromatic N) is 1. The molecule has 0 aliphatic rings. The van der Waals surface area contributed by atoms with Crippen molar-refractivity contribution in [1.82, 2.24) is 9.69 Å². The van der Waals surface area contributed by atoms with Gasteiger partial charge in [-0.1, -0.05) is 13.8 Å². The summed E-state index contributed by atoms with van der Waals surface area (Å²) < 4.78 is 9.43. The molecule has 0 aliphatic heterocycles. The smallest absolute Gasteiger partial charge is 0.221 e. The van der Waals surface area contributed by atoms with Crippen molar-refractivity contribution >= 4 is 28.3 Å². The zero-order valence-corrected chi connectivity index (χ0v) is 12.5. The Hall–Kier alpha value is -1.50. The maximum atomic E-state index is 11.5. The number of anilines is 2. The predicted octanol–water partition coefficient (Wildman–Crippen LogP) is 1.70. The second-order valence-corrected chi connectivity index (χ2v) is 5.31. The molecule has 1 aromatic rings. The Kier molecular flexibility index (Phi) is 6.41. The van der Waals surface area contributed by atoms with E-state index in [1.54, 1.807) is 0 Å². The van der Waals surface area contributed by atoms with E-state index < -0.39 is 0 Å². The molecule has 0 spiro atoms. The minimum Gasteiger partial charge on any atom is -0.487 e. The van der Waals surface area contributed by atoms with Crippen molar-refractivity contribution in [3.8, 4) is 5.75 Å². The van der Waals surface area contributed by atoms with Crippen LogP contribution in [0.1, 0.15) is 27.2 Å². The van der Waals surface area contributed by atoms with E-state index in [2.05, 4.69) is 28.9 Å². The van der Waals surface area contributed by atoms with Crippen LogP contribution in [0.2, 0.25) is 0 Å². The molecule has 0 aromatic carbocycles. The Bertz CT molecular complexity index is 406. The van der Waals surface area contributed by atoms with Crippen LogP contribution in [0.25, 0.3) is 0 Å². The van der Waals surface area contributed by atoms with E-state index in [0.29, 0.717) is 43.6 Å². The average Bonchev–Trinajstić information content (AvgIpc) is 2.69. The standard InChI is InChI=1S/C12H22N4O2S/c1-4-18-10-11(13)16-19-12(10)14-6-5-9(17)15-7-8(2)3/h8,14H,4-7H2,1-3H3,(H2,13,16)(H,15,17). The van der Waals surface area contributed by atoms with Gasteiger partial charge in [0.05, 0.1) is 6.61 Å². The van der Waals surface area contributed by atoms with Crippen molar-refractivity contribution in [2.45, 2.75) is 27.2 Å². The van der Waals surface area contributed by atoms with Gasteiger partial charge in [0.15, 0.2) is 16.6 Å². The highest BCUT2D eigenvalue weighted by atomic mass is 32.1. The largest absolute Gasteiger partial charge is 0.487 e. The Morgan fingerprint density at radius 2 is 2.26 bits per heavy atom. The summed E-state index contributed by atoms with van der Waals surface area (Å²) in [5.41, 5.74) is 5.69. The van der Waals surface area contributed by atoms with Crippen LogP contribution in [0, 0.1) is 5.92 Å². The maximum absolute atomic E-state index is 11.5. The van der Waals surface area contributed by atoms with Gasteiger partial charge in [-0.25, -0.2) is 0 Å². The summed E-state index contributed by atoms with van der Waals surface area (Å²) in [4.78, 5) is 11.5. The minimum absolute atomic E-state index is 0.0386. The molecule has 0 unspecified atom stereocenters. The molecule has 0 atom stereocenters. The first-order chi connectivity index (χ1) is 9.04. The fourth-order valence-electron chi connectivity index (χ4n) is 1.39. The summed E-state index contributed by atoms with van der Waals surface area (Å²) in [7, 11) is 0. The minimum atomic E-state index is 0.0386. The molecule has 0 radical (unpaired) electrons. The third kappa shape index (κ3) is 5.34. The van der Waals surface area contributed by atoms with Gasteiger partial charge in [-0.2, -0.15) is 4.37 Å². The van der Waals surface area contributed by atoms with Gasteiger partial charge in [0.25, 0.3) is 0 Å². The molecular formula is C12H22N4O2S. The summed E-state index contributed by atoms with van der Waals surface area (Å²) in [5.74, 6) is 1.47. The van der Waals surface area contributed by atoms with Crippen LogP contribution in [0.5, 0.6) is 5.75 Å². The molecule has 0 saturated heterocycles. The van der Waals surface area contributed by atoms with E-state index in [4.69, 9.17) is 10.5 Å². The number of carbonyl (C=O) groups is 1. The highest BCUT2D eigenvalue weighted by molar-refractivity contribution is 7.11. The SMILES string of the molecule is CCOc1c(N)nsc1NCCC(=O)NCC(C)C. The second kappa shape index (κ2) is 7.83. The summed E-state index contributed by atoms with van der Waals surface area (Å²) in [6.07, 6.45) is 0.413. The summed E-state index contributed by atoms with van der Waals surface area (Å²) in [5, 5.41) is 6.77. The normalized spacial score (nSPS) is 10.5. The Labute approximate surface area is 117 Å². The molecule has 1 heterocycles. The molecule has 108 valence electrons. The highest BCUT2D eigenvalue weighted by Gasteiger charge is 2.12. The average molecular weight is 286 g/mol. The molecule has 0 bridgehead atoms. The maximum Gasteiger partial charge on any atom is 0.221 e. The number of rotatable bonds is 8. The van der Waals surface area contributed by atoms with Crippen LogP contribution in [0.3, 0.4) is 0 Å². The number of aromatic nitrogens is 1. The molecule has 0 aliphatic carbocycles. The molecule has 6 nitrogen and oxygen atoms in total. The number of nitrogens with two attached hydrogens (primary N) is 1. The number of hydrogen-bond donors (Lipinski definition) is 3.